The first kappa shape index (κ1) is 13.9. The van der Waals surface area contributed by atoms with E-state index in [0.29, 0.717) is 18.7 Å². The predicted octanol–water partition coefficient (Wildman–Crippen LogP) is 0.210. The number of carboxylic acids is 1. The number of pyridine rings is 1. The molecule has 0 aromatic carbocycles. The Balaban J connectivity index is 1.96. The number of carboxylic acid groups (broad SMARTS) is 1. The fraction of sp³-hybridized carbons (Fsp3) is 0.455. The Bertz CT molecular complexity index is 550. The smallest absolute Gasteiger partial charge is 0.354 e. The highest BCUT2D eigenvalue weighted by atomic mass is 32.2. The van der Waals surface area contributed by atoms with Crippen molar-refractivity contribution in [3.05, 3.63) is 29.6 Å². The Labute approximate surface area is 111 Å². The molecule has 0 aliphatic carbocycles. The SMILES string of the molecule is O=C(O)c1ccc(CNS(=O)(=O)N2CCCC2)cn1. The van der Waals surface area contributed by atoms with Crippen molar-refractivity contribution in [3.8, 4) is 0 Å². The number of rotatable bonds is 5. The number of nitrogens with one attached hydrogen (secondary N) is 1. The van der Waals surface area contributed by atoms with Crippen LogP contribution in [-0.2, 0) is 16.8 Å². The van der Waals surface area contributed by atoms with Crippen molar-refractivity contribution in [2.24, 2.45) is 0 Å². The molecule has 1 aliphatic heterocycles. The van der Waals surface area contributed by atoms with Crippen LogP contribution < -0.4 is 4.72 Å². The fourth-order valence-corrected chi connectivity index (χ4v) is 3.12. The zero-order valence-corrected chi connectivity index (χ0v) is 11.1. The lowest BCUT2D eigenvalue weighted by Gasteiger charge is -2.15. The summed E-state index contributed by atoms with van der Waals surface area (Å²) in [5.74, 6) is -1.11. The van der Waals surface area contributed by atoms with Gasteiger partial charge in [0.15, 0.2) is 0 Å². The first-order valence-corrected chi connectivity index (χ1v) is 7.36. The normalized spacial score (nSPS) is 16.6. The van der Waals surface area contributed by atoms with E-state index in [1.165, 1.54) is 16.6 Å². The quantitative estimate of drug-likeness (QED) is 0.805. The van der Waals surface area contributed by atoms with Crippen LogP contribution in [0, 0.1) is 0 Å². The zero-order chi connectivity index (χ0) is 13.9. The van der Waals surface area contributed by atoms with Gasteiger partial charge in [-0.1, -0.05) is 6.07 Å². The minimum absolute atomic E-state index is 0.0637. The maximum Gasteiger partial charge on any atom is 0.354 e. The average Bonchev–Trinajstić information content (AvgIpc) is 2.91. The summed E-state index contributed by atoms with van der Waals surface area (Å²) in [4.78, 5) is 14.4. The molecule has 2 N–H and O–H groups in total. The molecule has 1 fully saturated rings. The first-order valence-electron chi connectivity index (χ1n) is 5.92. The third-order valence-corrected chi connectivity index (χ3v) is 4.46. The number of carbonyl (C=O) groups is 1. The van der Waals surface area contributed by atoms with Crippen LogP contribution >= 0.6 is 0 Å². The molecule has 1 saturated heterocycles. The van der Waals surface area contributed by atoms with E-state index in [0.717, 1.165) is 12.8 Å². The van der Waals surface area contributed by atoms with Gasteiger partial charge in [-0.05, 0) is 24.5 Å². The lowest BCUT2D eigenvalue weighted by molar-refractivity contribution is 0.0690. The van der Waals surface area contributed by atoms with Crippen LogP contribution in [-0.4, -0.2) is 41.9 Å². The van der Waals surface area contributed by atoms with Crippen molar-refractivity contribution in [1.82, 2.24) is 14.0 Å². The van der Waals surface area contributed by atoms with Gasteiger partial charge in [-0.25, -0.2) is 9.78 Å². The molecule has 0 atom stereocenters. The van der Waals surface area contributed by atoms with Crippen molar-refractivity contribution < 1.29 is 18.3 Å². The summed E-state index contributed by atoms with van der Waals surface area (Å²) in [5.41, 5.74) is 0.555. The van der Waals surface area contributed by atoms with Gasteiger partial charge in [0.2, 0.25) is 0 Å². The van der Waals surface area contributed by atoms with Gasteiger partial charge in [-0.2, -0.15) is 17.4 Å². The second kappa shape index (κ2) is 5.64. The van der Waals surface area contributed by atoms with E-state index >= 15 is 0 Å². The van der Waals surface area contributed by atoms with E-state index in [1.54, 1.807) is 6.07 Å². The van der Waals surface area contributed by atoms with Gasteiger partial charge in [0.25, 0.3) is 10.2 Å². The molecule has 0 bridgehead atoms. The Morgan fingerprint density at radius 2 is 2.05 bits per heavy atom. The van der Waals surface area contributed by atoms with Crippen LogP contribution in [0.3, 0.4) is 0 Å². The molecule has 8 heteroatoms. The van der Waals surface area contributed by atoms with Crippen LogP contribution in [0.2, 0.25) is 0 Å². The van der Waals surface area contributed by atoms with Crippen molar-refractivity contribution >= 4 is 16.2 Å². The monoisotopic (exact) mass is 285 g/mol. The maximum absolute atomic E-state index is 11.9. The highest BCUT2D eigenvalue weighted by molar-refractivity contribution is 7.87. The molecule has 1 aromatic heterocycles. The molecule has 1 aromatic rings. The minimum atomic E-state index is -3.45. The van der Waals surface area contributed by atoms with Gasteiger partial charge in [0.05, 0.1) is 0 Å². The Kier molecular flexibility index (Phi) is 4.13. The van der Waals surface area contributed by atoms with Crippen LogP contribution in [0.5, 0.6) is 0 Å². The summed E-state index contributed by atoms with van der Waals surface area (Å²) in [7, 11) is -3.45. The van der Waals surface area contributed by atoms with Crippen LogP contribution in [0.1, 0.15) is 28.9 Å². The molecule has 0 radical (unpaired) electrons. The molecule has 7 nitrogen and oxygen atoms in total. The fourth-order valence-electron chi connectivity index (χ4n) is 1.85. The van der Waals surface area contributed by atoms with E-state index in [2.05, 4.69) is 9.71 Å². The van der Waals surface area contributed by atoms with Gasteiger partial charge < -0.3 is 5.11 Å². The third kappa shape index (κ3) is 3.49. The number of nitrogens with zero attached hydrogens (tertiary/aromatic N) is 2. The molecule has 19 heavy (non-hydrogen) atoms. The number of aromatic nitrogens is 1. The van der Waals surface area contributed by atoms with Crippen molar-refractivity contribution in [2.75, 3.05) is 13.1 Å². The van der Waals surface area contributed by atoms with Gasteiger partial charge in [-0.3, -0.25) is 0 Å². The second-order valence-electron chi connectivity index (χ2n) is 4.29. The van der Waals surface area contributed by atoms with Crippen molar-refractivity contribution in [3.63, 3.8) is 0 Å². The zero-order valence-electron chi connectivity index (χ0n) is 10.2. The molecule has 1 aliphatic rings. The molecule has 2 rings (SSSR count). The lowest BCUT2D eigenvalue weighted by atomic mass is 10.2. The molecule has 0 unspecified atom stereocenters. The number of hydrogen-bond acceptors (Lipinski definition) is 4. The number of aromatic carboxylic acids is 1. The van der Waals surface area contributed by atoms with Crippen LogP contribution in [0.4, 0.5) is 0 Å². The van der Waals surface area contributed by atoms with Crippen molar-refractivity contribution in [2.45, 2.75) is 19.4 Å². The Hall–Kier alpha value is -1.51. The summed E-state index contributed by atoms with van der Waals surface area (Å²) in [6.45, 7) is 1.20. The van der Waals surface area contributed by atoms with Crippen LogP contribution in [0.15, 0.2) is 18.3 Å². The molecule has 104 valence electrons. The average molecular weight is 285 g/mol. The Morgan fingerprint density at radius 1 is 1.37 bits per heavy atom. The topological polar surface area (TPSA) is 99.6 Å². The van der Waals surface area contributed by atoms with E-state index in [-0.39, 0.29) is 12.2 Å². The maximum atomic E-state index is 11.9. The van der Waals surface area contributed by atoms with E-state index < -0.39 is 16.2 Å². The van der Waals surface area contributed by atoms with Gasteiger partial charge >= 0.3 is 5.97 Å². The first-order chi connectivity index (χ1) is 8.99. The molecular weight excluding hydrogens is 270 g/mol. The minimum Gasteiger partial charge on any atom is -0.477 e. The highest BCUT2D eigenvalue weighted by Gasteiger charge is 2.24. The molecule has 0 saturated carbocycles. The molecular formula is C11H15N3O4S. The molecule has 0 amide bonds. The summed E-state index contributed by atoms with van der Waals surface area (Å²) < 4.78 is 27.6. The lowest BCUT2D eigenvalue weighted by Crippen LogP contribution is -2.38. The number of hydrogen-bond donors (Lipinski definition) is 2. The summed E-state index contributed by atoms with van der Waals surface area (Å²) in [6.07, 6.45) is 3.13. The third-order valence-electron chi connectivity index (χ3n) is 2.91. The van der Waals surface area contributed by atoms with Crippen molar-refractivity contribution in [1.29, 1.82) is 0 Å². The highest BCUT2D eigenvalue weighted by Crippen LogP contribution is 2.11. The Morgan fingerprint density at radius 3 is 2.58 bits per heavy atom. The summed E-state index contributed by atoms with van der Waals surface area (Å²) in [6, 6.07) is 2.89. The van der Waals surface area contributed by atoms with E-state index in [9.17, 15) is 13.2 Å². The second-order valence-corrected chi connectivity index (χ2v) is 6.04. The van der Waals surface area contributed by atoms with Gasteiger partial charge in [-0.15, -0.1) is 0 Å². The van der Waals surface area contributed by atoms with Gasteiger partial charge in [0, 0.05) is 25.8 Å². The largest absolute Gasteiger partial charge is 0.477 e. The van der Waals surface area contributed by atoms with E-state index in [4.69, 9.17) is 5.11 Å². The summed E-state index contributed by atoms with van der Waals surface area (Å²) in [5, 5.41) is 8.70. The van der Waals surface area contributed by atoms with E-state index in [1.807, 2.05) is 0 Å². The summed E-state index contributed by atoms with van der Waals surface area (Å²) >= 11 is 0. The molecule has 0 spiro atoms. The molecule has 2 heterocycles. The van der Waals surface area contributed by atoms with Crippen LogP contribution in [0.25, 0.3) is 0 Å². The standard InChI is InChI=1S/C11H15N3O4S/c15-11(16)10-4-3-9(7-12-10)8-13-19(17,18)14-5-1-2-6-14/h3-4,7,13H,1-2,5-6,8H2,(H,15,16). The predicted molar refractivity (Wildman–Crippen MR) is 67.8 cm³/mol. The van der Waals surface area contributed by atoms with Gasteiger partial charge in [0.1, 0.15) is 5.69 Å².